The third-order valence-corrected chi connectivity index (χ3v) is 4.63. The van der Waals surface area contributed by atoms with Crippen LogP contribution in [0.4, 0.5) is 5.69 Å². The molecule has 0 aliphatic carbocycles. The van der Waals surface area contributed by atoms with Crippen LogP contribution in [0.1, 0.15) is 29.4 Å². The van der Waals surface area contributed by atoms with Crippen LogP contribution in [0.3, 0.4) is 0 Å². The fourth-order valence-corrected chi connectivity index (χ4v) is 3.07. The van der Waals surface area contributed by atoms with E-state index in [1.807, 2.05) is 19.9 Å². The first kappa shape index (κ1) is 19.5. The van der Waals surface area contributed by atoms with Crippen molar-refractivity contribution < 1.29 is 9.53 Å². The highest BCUT2D eigenvalue weighted by Gasteiger charge is 2.14. The number of carbonyl (C=O) groups excluding carboxylic acids is 1. The molecule has 0 unspecified atom stereocenters. The van der Waals surface area contributed by atoms with Crippen molar-refractivity contribution >= 4 is 23.2 Å². The molecule has 0 radical (unpaired) electrons. The molecule has 0 aliphatic rings. The molecule has 0 fully saturated rings. The zero-order valence-corrected chi connectivity index (χ0v) is 16.5. The lowest BCUT2D eigenvalue weighted by molar-refractivity contribution is -0.114. The molecule has 0 atom stereocenters. The third kappa shape index (κ3) is 4.16. The Labute approximate surface area is 168 Å². The average molecular weight is 395 g/mol. The first-order valence-corrected chi connectivity index (χ1v) is 9.02. The van der Waals surface area contributed by atoms with Crippen molar-refractivity contribution in [2.75, 3.05) is 5.32 Å². The van der Waals surface area contributed by atoms with E-state index >= 15 is 0 Å². The van der Waals surface area contributed by atoms with Crippen LogP contribution in [0.15, 0.2) is 42.5 Å². The SMILES string of the molecule is CC(=O)Nc1ccc(OCc2c(C)nn(-c3ccc(C#N)c(Cl)c3)c2C)cc1. The molecule has 3 aromatic rings. The number of carbonyl (C=O) groups is 1. The minimum atomic E-state index is -0.116. The first-order chi connectivity index (χ1) is 13.4. The van der Waals surface area contributed by atoms with Gasteiger partial charge >= 0.3 is 0 Å². The third-order valence-electron chi connectivity index (χ3n) is 4.32. The molecule has 142 valence electrons. The maximum atomic E-state index is 11.1. The van der Waals surface area contributed by atoms with Crippen molar-refractivity contribution in [2.45, 2.75) is 27.4 Å². The van der Waals surface area contributed by atoms with Gasteiger partial charge in [0.1, 0.15) is 18.4 Å². The number of amides is 1. The largest absolute Gasteiger partial charge is 0.489 e. The molecular formula is C21H19ClN4O2. The van der Waals surface area contributed by atoms with Crippen molar-refractivity contribution in [2.24, 2.45) is 0 Å². The molecule has 1 N–H and O–H groups in total. The minimum absolute atomic E-state index is 0.116. The van der Waals surface area contributed by atoms with Crippen molar-refractivity contribution in [1.82, 2.24) is 9.78 Å². The van der Waals surface area contributed by atoms with Crippen molar-refractivity contribution in [1.29, 1.82) is 5.26 Å². The Morgan fingerprint density at radius 1 is 1.25 bits per heavy atom. The van der Waals surface area contributed by atoms with Crippen LogP contribution in [-0.4, -0.2) is 15.7 Å². The Hall–Kier alpha value is -3.30. The molecule has 7 heteroatoms. The fourth-order valence-electron chi connectivity index (χ4n) is 2.85. The number of hydrogen-bond acceptors (Lipinski definition) is 4. The van der Waals surface area contributed by atoms with E-state index in [1.54, 1.807) is 41.1 Å². The fraction of sp³-hybridized carbons (Fsp3) is 0.190. The molecular weight excluding hydrogens is 376 g/mol. The number of halogens is 1. The second-order valence-electron chi connectivity index (χ2n) is 6.33. The van der Waals surface area contributed by atoms with Crippen molar-refractivity contribution in [3.05, 3.63) is 70.0 Å². The summed E-state index contributed by atoms with van der Waals surface area (Å²) < 4.78 is 7.68. The van der Waals surface area contributed by atoms with Gasteiger partial charge in [-0.15, -0.1) is 0 Å². The summed E-state index contributed by atoms with van der Waals surface area (Å²) in [5.41, 5.74) is 4.71. The number of nitriles is 1. The van der Waals surface area contributed by atoms with Crippen LogP contribution < -0.4 is 10.1 Å². The maximum Gasteiger partial charge on any atom is 0.221 e. The number of hydrogen-bond donors (Lipinski definition) is 1. The number of aromatic nitrogens is 2. The summed E-state index contributed by atoms with van der Waals surface area (Å²) in [6.45, 7) is 5.72. The molecule has 3 rings (SSSR count). The van der Waals surface area contributed by atoms with Gasteiger partial charge in [0, 0.05) is 23.9 Å². The summed E-state index contributed by atoms with van der Waals surface area (Å²) in [5.74, 6) is 0.581. The Kier molecular flexibility index (Phi) is 5.67. The zero-order valence-electron chi connectivity index (χ0n) is 15.8. The highest BCUT2D eigenvalue weighted by atomic mass is 35.5. The van der Waals surface area contributed by atoms with Crippen LogP contribution in [-0.2, 0) is 11.4 Å². The van der Waals surface area contributed by atoms with E-state index in [0.29, 0.717) is 22.9 Å². The predicted octanol–water partition coefficient (Wildman–Crippen LogP) is 4.55. The molecule has 2 aromatic carbocycles. The van der Waals surface area contributed by atoms with E-state index in [2.05, 4.69) is 16.5 Å². The lowest BCUT2D eigenvalue weighted by atomic mass is 10.2. The van der Waals surface area contributed by atoms with Gasteiger partial charge in [0.25, 0.3) is 0 Å². The molecule has 0 saturated carbocycles. The van der Waals surface area contributed by atoms with E-state index in [4.69, 9.17) is 21.6 Å². The first-order valence-electron chi connectivity index (χ1n) is 8.64. The lowest BCUT2D eigenvalue weighted by Crippen LogP contribution is -2.05. The lowest BCUT2D eigenvalue weighted by Gasteiger charge is -2.09. The summed E-state index contributed by atoms with van der Waals surface area (Å²) in [7, 11) is 0. The Bertz CT molecular complexity index is 1070. The summed E-state index contributed by atoms with van der Waals surface area (Å²) >= 11 is 6.15. The smallest absolute Gasteiger partial charge is 0.221 e. The van der Waals surface area contributed by atoms with E-state index in [1.165, 1.54) is 6.92 Å². The zero-order chi connectivity index (χ0) is 20.3. The van der Waals surface area contributed by atoms with E-state index in [-0.39, 0.29) is 5.91 Å². The summed E-state index contributed by atoms with van der Waals surface area (Å²) in [4.78, 5) is 11.1. The van der Waals surface area contributed by atoms with Crippen molar-refractivity contribution in [3.8, 4) is 17.5 Å². The number of aryl methyl sites for hydroxylation is 1. The van der Waals surface area contributed by atoms with E-state index < -0.39 is 0 Å². The topological polar surface area (TPSA) is 79.9 Å². The molecule has 28 heavy (non-hydrogen) atoms. The Morgan fingerprint density at radius 3 is 2.57 bits per heavy atom. The maximum absolute atomic E-state index is 11.1. The molecule has 1 amide bonds. The van der Waals surface area contributed by atoms with Gasteiger partial charge < -0.3 is 10.1 Å². The number of benzene rings is 2. The minimum Gasteiger partial charge on any atom is -0.489 e. The number of nitrogens with zero attached hydrogens (tertiary/aromatic N) is 3. The van der Waals surface area contributed by atoms with Crippen LogP contribution in [0.2, 0.25) is 5.02 Å². The number of ether oxygens (including phenoxy) is 1. The molecule has 1 heterocycles. The second-order valence-corrected chi connectivity index (χ2v) is 6.74. The van der Waals surface area contributed by atoms with Gasteiger partial charge in [-0.1, -0.05) is 11.6 Å². The van der Waals surface area contributed by atoms with Gasteiger partial charge in [-0.2, -0.15) is 10.4 Å². The average Bonchev–Trinajstić information content (AvgIpc) is 2.94. The van der Waals surface area contributed by atoms with Gasteiger partial charge in [0.2, 0.25) is 5.91 Å². The molecule has 0 bridgehead atoms. The molecule has 0 saturated heterocycles. The Morgan fingerprint density at radius 2 is 1.96 bits per heavy atom. The predicted molar refractivity (Wildman–Crippen MR) is 108 cm³/mol. The van der Waals surface area contributed by atoms with Crippen molar-refractivity contribution in [3.63, 3.8) is 0 Å². The van der Waals surface area contributed by atoms with E-state index in [0.717, 1.165) is 28.3 Å². The number of anilines is 1. The normalized spacial score (nSPS) is 10.4. The second kappa shape index (κ2) is 8.15. The monoisotopic (exact) mass is 394 g/mol. The summed E-state index contributed by atoms with van der Waals surface area (Å²) in [5, 5.41) is 16.7. The highest BCUT2D eigenvalue weighted by Crippen LogP contribution is 2.24. The molecule has 0 aliphatic heterocycles. The van der Waals surface area contributed by atoms with Gasteiger partial charge in [-0.25, -0.2) is 4.68 Å². The van der Waals surface area contributed by atoms with Crippen LogP contribution in [0.25, 0.3) is 5.69 Å². The molecule has 0 spiro atoms. The van der Waals surface area contributed by atoms with Gasteiger partial charge in [-0.3, -0.25) is 4.79 Å². The molecule has 6 nitrogen and oxygen atoms in total. The summed E-state index contributed by atoms with van der Waals surface area (Å²) in [6.07, 6.45) is 0. The quantitative estimate of drug-likeness (QED) is 0.688. The standard InChI is InChI=1S/C21H19ClN4O2/c1-13-20(12-28-19-8-5-17(6-9-19)24-15(3)27)14(2)26(25-13)18-7-4-16(11-23)21(22)10-18/h4-10H,12H2,1-3H3,(H,24,27). The number of nitrogens with one attached hydrogen (secondary N) is 1. The Balaban J connectivity index is 1.78. The molecule has 1 aromatic heterocycles. The van der Waals surface area contributed by atoms with Gasteiger partial charge in [0.15, 0.2) is 0 Å². The van der Waals surface area contributed by atoms with Crippen LogP contribution in [0.5, 0.6) is 5.75 Å². The highest BCUT2D eigenvalue weighted by molar-refractivity contribution is 6.31. The summed E-state index contributed by atoms with van der Waals surface area (Å²) in [6, 6.07) is 14.5. The van der Waals surface area contributed by atoms with E-state index in [9.17, 15) is 4.79 Å². The van der Waals surface area contributed by atoms with Crippen LogP contribution in [0, 0.1) is 25.2 Å². The van der Waals surface area contributed by atoms with Gasteiger partial charge in [-0.05, 0) is 56.3 Å². The number of rotatable bonds is 5. The van der Waals surface area contributed by atoms with Crippen LogP contribution >= 0.6 is 11.6 Å². The van der Waals surface area contributed by atoms with Gasteiger partial charge in [0.05, 0.1) is 22.0 Å².